The average molecular weight is 365 g/mol. The van der Waals surface area contributed by atoms with Crippen molar-refractivity contribution in [3.8, 4) is 0 Å². The minimum absolute atomic E-state index is 0.0449. The number of carbonyl (C=O) groups excluding carboxylic acids is 1. The van der Waals surface area contributed by atoms with E-state index in [1.54, 1.807) is 11.3 Å². The third-order valence-corrected chi connectivity index (χ3v) is 6.64. The van der Waals surface area contributed by atoms with Crippen molar-refractivity contribution < 1.29 is 9.53 Å². The van der Waals surface area contributed by atoms with Crippen LogP contribution in [0.25, 0.3) is 0 Å². The van der Waals surface area contributed by atoms with Crippen molar-refractivity contribution in [3.63, 3.8) is 0 Å². The van der Waals surface area contributed by atoms with Gasteiger partial charge < -0.3 is 15.0 Å². The van der Waals surface area contributed by atoms with Gasteiger partial charge in [-0.2, -0.15) is 0 Å². The Hall–Kier alpha value is -0.910. The molecule has 0 saturated carbocycles. The number of hydrogen-bond donors (Lipinski definition) is 1. The van der Waals surface area contributed by atoms with Gasteiger partial charge in [-0.3, -0.25) is 4.79 Å². The summed E-state index contributed by atoms with van der Waals surface area (Å²) in [5.41, 5.74) is 1.46. The first kappa shape index (κ1) is 18.9. The lowest BCUT2D eigenvalue weighted by Crippen LogP contribution is -2.48. The summed E-state index contributed by atoms with van der Waals surface area (Å²) in [7, 11) is 4.19. The standard InChI is InChI=1S/C20H32N2O2S/c1-22(2)14-20(10-7-11-24-15-20)13-21-19(23)18-12-16-8-5-3-4-6-9-17(16)25-18/h12H,3-11,13-15H2,1-2H3,(H,21,23). The number of rotatable bonds is 5. The van der Waals surface area contributed by atoms with Gasteiger partial charge in [0.25, 0.3) is 5.91 Å². The Morgan fingerprint density at radius 3 is 2.76 bits per heavy atom. The predicted octanol–water partition coefficient (Wildman–Crippen LogP) is 3.50. The lowest BCUT2D eigenvalue weighted by Gasteiger charge is -2.39. The SMILES string of the molecule is CN(C)CC1(CNC(=O)c2cc3c(s2)CCCCCC3)CCCOC1. The summed E-state index contributed by atoms with van der Waals surface area (Å²) in [4.78, 5) is 17.3. The first-order chi connectivity index (χ1) is 12.1. The first-order valence-corrected chi connectivity index (χ1v) is 10.5. The number of fused-ring (bicyclic) bond motifs is 1. The van der Waals surface area contributed by atoms with E-state index in [-0.39, 0.29) is 11.3 Å². The highest BCUT2D eigenvalue weighted by atomic mass is 32.1. The maximum Gasteiger partial charge on any atom is 0.261 e. The Kier molecular flexibility index (Phi) is 6.53. The molecule has 1 N–H and O–H groups in total. The molecule has 25 heavy (non-hydrogen) atoms. The molecule has 1 aromatic rings. The summed E-state index contributed by atoms with van der Waals surface area (Å²) >= 11 is 1.71. The van der Waals surface area contributed by atoms with Crippen LogP contribution >= 0.6 is 11.3 Å². The molecular formula is C20H32N2O2S. The molecule has 4 nitrogen and oxygen atoms in total. The summed E-state index contributed by atoms with van der Waals surface area (Å²) < 4.78 is 5.74. The zero-order valence-corrected chi connectivity index (χ0v) is 16.6. The van der Waals surface area contributed by atoms with Crippen LogP contribution in [0.3, 0.4) is 0 Å². The van der Waals surface area contributed by atoms with E-state index in [4.69, 9.17) is 4.74 Å². The molecule has 0 radical (unpaired) electrons. The minimum Gasteiger partial charge on any atom is -0.381 e. The molecule has 1 unspecified atom stereocenters. The van der Waals surface area contributed by atoms with Crippen LogP contribution in [0.1, 0.15) is 58.6 Å². The van der Waals surface area contributed by atoms with Gasteiger partial charge in [-0.25, -0.2) is 0 Å². The Labute approximate surface area is 155 Å². The molecule has 2 aliphatic rings. The van der Waals surface area contributed by atoms with Crippen molar-refractivity contribution in [1.29, 1.82) is 0 Å². The highest BCUT2D eigenvalue weighted by Gasteiger charge is 2.34. The molecular weight excluding hydrogens is 332 g/mol. The van der Waals surface area contributed by atoms with Crippen LogP contribution in [-0.4, -0.2) is 51.2 Å². The lowest BCUT2D eigenvalue weighted by atomic mass is 9.82. The second-order valence-corrected chi connectivity index (χ2v) is 9.19. The van der Waals surface area contributed by atoms with Gasteiger partial charge in [0.15, 0.2) is 0 Å². The number of hydrogen-bond acceptors (Lipinski definition) is 4. The second kappa shape index (κ2) is 8.65. The molecule has 3 rings (SSSR count). The molecule has 1 atom stereocenters. The zero-order valence-electron chi connectivity index (χ0n) is 15.7. The molecule has 2 heterocycles. The number of nitrogens with zero attached hydrogens (tertiary/aromatic N) is 1. The summed E-state index contributed by atoms with van der Waals surface area (Å²) in [6.45, 7) is 3.24. The van der Waals surface area contributed by atoms with Gasteiger partial charge in [-0.1, -0.05) is 12.8 Å². The van der Waals surface area contributed by atoms with Crippen molar-refractivity contribution in [3.05, 3.63) is 21.4 Å². The number of nitrogens with one attached hydrogen (secondary N) is 1. The minimum atomic E-state index is 0.0449. The van der Waals surface area contributed by atoms with Crippen molar-refractivity contribution in [2.24, 2.45) is 5.41 Å². The maximum atomic E-state index is 12.7. The van der Waals surface area contributed by atoms with E-state index < -0.39 is 0 Å². The fourth-order valence-electron chi connectivity index (χ4n) is 4.21. The van der Waals surface area contributed by atoms with Crippen LogP contribution in [0, 0.1) is 5.41 Å². The van der Waals surface area contributed by atoms with Crippen LogP contribution in [0.15, 0.2) is 6.07 Å². The molecule has 1 aliphatic heterocycles. The number of aryl methyl sites for hydroxylation is 2. The van der Waals surface area contributed by atoms with Crippen molar-refractivity contribution in [2.45, 2.75) is 51.4 Å². The van der Waals surface area contributed by atoms with Crippen LogP contribution in [0.2, 0.25) is 0 Å². The van der Waals surface area contributed by atoms with Crippen molar-refractivity contribution in [1.82, 2.24) is 10.2 Å². The Bertz CT molecular complexity index is 551. The number of thiophene rings is 1. The first-order valence-electron chi connectivity index (χ1n) is 9.70. The van der Waals surface area contributed by atoms with Gasteiger partial charge >= 0.3 is 0 Å². The van der Waals surface area contributed by atoms with Crippen LogP contribution in [0.5, 0.6) is 0 Å². The molecule has 1 aliphatic carbocycles. The summed E-state index contributed by atoms with van der Waals surface area (Å²) in [5.74, 6) is 0.0976. The quantitative estimate of drug-likeness (QED) is 0.869. The predicted molar refractivity (Wildman–Crippen MR) is 104 cm³/mol. The monoisotopic (exact) mass is 364 g/mol. The topological polar surface area (TPSA) is 41.6 Å². The van der Waals surface area contributed by atoms with E-state index in [2.05, 4.69) is 30.4 Å². The molecule has 0 spiro atoms. The van der Waals surface area contributed by atoms with E-state index in [0.717, 1.165) is 50.3 Å². The molecule has 1 aromatic heterocycles. The molecule has 1 amide bonds. The largest absolute Gasteiger partial charge is 0.381 e. The fraction of sp³-hybridized carbons (Fsp3) is 0.750. The van der Waals surface area contributed by atoms with Gasteiger partial charge in [0.1, 0.15) is 0 Å². The highest BCUT2D eigenvalue weighted by Crippen LogP contribution is 2.30. The number of ether oxygens (including phenoxy) is 1. The molecule has 0 aromatic carbocycles. The van der Waals surface area contributed by atoms with Gasteiger partial charge in [-0.15, -0.1) is 11.3 Å². The molecule has 140 valence electrons. The van der Waals surface area contributed by atoms with Gasteiger partial charge in [-0.05, 0) is 64.3 Å². The second-order valence-electron chi connectivity index (χ2n) is 8.05. The van der Waals surface area contributed by atoms with E-state index in [9.17, 15) is 4.79 Å². The zero-order chi connectivity index (χ0) is 17.7. The number of carbonyl (C=O) groups is 1. The summed E-state index contributed by atoms with van der Waals surface area (Å²) in [6, 6.07) is 2.15. The molecule has 1 saturated heterocycles. The third kappa shape index (κ3) is 5.05. The van der Waals surface area contributed by atoms with Gasteiger partial charge in [0, 0.05) is 30.0 Å². The summed E-state index contributed by atoms with van der Waals surface area (Å²) in [6.07, 6.45) is 9.65. The van der Waals surface area contributed by atoms with E-state index in [1.165, 1.54) is 36.1 Å². The van der Waals surface area contributed by atoms with E-state index in [1.807, 2.05) is 0 Å². The normalized spacial score (nSPS) is 24.4. The van der Waals surface area contributed by atoms with Crippen LogP contribution < -0.4 is 5.32 Å². The Morgan fingerprint density at radius 2 is 2.04 bits per heavy atom. The summed E-state index contributed by atoms with van der Waals surface area (Å²) in [5, 5.41) is 3.22. The molecule has 5 heteroatoms. The van der Waals surface area contributed by atoms with Crippen LogP contribution in [0.4, 0.5) is 0 Å². The van der Waals surface area contributed by atoms with E-state index in [0.29, 0.717) is 6.54 Å². The van der Waals surface area contributed by atoms with Crippen molar-refractivity contribution in [2.75, 3.05) is 40.4 Å². The Balaban J connectivity index is 1.64. The van der Waals surface area contributed by atoms with Gasteiger partial charge in [0.05, 0.1) is 11.5 Å². The third-order valence-electron chi connectivity index (χ3n) is 5.40. The maximum absolute atomic E-state index is 12.7. The number of amides is 1. The van der Waals surface area contributed by atoms with Gasteiger partial charge in [0.2, 0.25) is 0 Å². The lowest BCUT2D eigenvalue weighted by molar-refractivity contribution is -0.0189. The molecule has 1 fully saturated rings. The highest BCUT2D eigenvalue weighted by molar-refractivity contribution is 7.14. The van der Waals surface area contributed by atoms with Crippen LogP contribution in [-0.2, 0) is 17.6 Å². The van der Waals surface area contributed by atoms with Crippen molar-refractivity contribution >= 4 is 17.2 Å². The van der Waals surface area contributed by atoms with E-state index >= 15 is 0 Å². The Morgan fingerprint density at radius 1 is 1.24 bits per heavy atom. The fourth-order valence-corrected chi connectivity index (χ4v) is 5.38. The smallest absolute Gasteiger partial charge is 0.261 e. The average Bonchev–Trinajstić information content (AvgIpc) is 2.95. The molecule has 0 bridgehead atoms.